The van der Waals surface area contributed by atoms with E-state index in [-0.39, 0.29) is 5.91 Å². The van der Waals surface area contributed by atoms with Crippen molar-refractivity contribution in [1.82, 2.24) is 0 Å². The number of carbonyl (C=O) groups excluding carboxylic acids is 1. The molecule has 0 spiro atoms. The predicted molar refractivity (Wildman–Crippen MR) is 82.7 cm³/mol. The molecule has 0 aliphatic rings. The number of amides is 1. The highest BCUT2D eigenvalue weighted by molar-refractivity contribution is 9.10. The second-order valence-corrected chi connectivity index (χ2v) is 5.56. The van der Waals surface area contributed by atoms with Crippen LogP contribution in [0.5, 0.6) is 0 Å². The highest BCUT2D eigenvalue weighted by atomic mass is 79.9. The minimum atomic E-state index is -0.224. The first-order valence-electron chi connectivity index (χ1n) is 5.59. The number of benzene rings is 2. The number of aryl methyl sites for hydroxylation is 1. The number of anilines is 2. The number of nitrogen functional groups attached to an aromatic ring is 1. The Balaban J connectivity index is 2.28. The van der Waals surface area contributed by atoms with Crippen LogP contribution in [0.15, 0.2) is 40.9 Å². The smallest absolute Gasteiger partial charge is 0.255 e. The van der Waals surface area contributed by atoms with E-state index in [0.717, 1.165) is 10.0 Å². The van der Waals surface area contributed by atoms with E-state index in [0.29, 0.717) is 22.0 Å². The number of hydrogen-bond donors (Lipinski definition) is 2. The summed E-state index contributed by atoms with van der Waals surface area (Å²) in [6.45, 7) is 1.93. The Kier molecular flexibility index (Phi) is 4.12. The molecule has 2 aromatic carbocycles. The van der Waals surface area contributed by atoms with Gasteiger partial charge in [0.15, 0.2) is 0 Å². The number of halogens is 2. The summed E-state index contributed by atoms with van der Waals surface area (Å²) in [5, 5.41) is 3.28. The van der Waals surface area contributed by atoms with Gasteiger partial charge in [0.05, 0.1) is 11.4 Å². The zero-order valence-electron chi connectivity index (χ0n) is 10.2. The summed E-state index contributed by atoms with van der Waals surface area (Å²) in [7, 11) is 0. The van der Waals surface area contributed by atoms with Crippen LogP contribution in [0.25, 0.3) is 0 Å². The van der Waals surface area contributed by atoms with E-state index >= 15 is 0 Å². The van der Waals surface area contributed by atoms with Crippen molar-refractivity contribution < 1.29 is 4.79 Å². The zero-order valence-corrected chi connectivity index (χ0v) is 12.5. The molecule has 0 fully saturated rings. The van der Waals surface area contributed by atoms with Crippen LogP contribution in [0.1, 0.15) is 15.9 Å². The lowest BCUT2D eigenvalue weighted by atomic mass is 10.1. The monoisotopic (exact) mass is 338 g/mol. The number of hydrogen-bond acceptors (Lipinski definition) is 2. The maximum absolute atomic E-state index is 12.2. The first-order valence-corrected chi connectivity index (χ1v) is 6.76. The fourth-order valence-corrected chi connectivity index (χ4v) is 2.48. The quantitative estimate of drug-likeness (QED) is 0.804. The summed E-state index contributed by atoms with van der Waals surface area (Å²) < 4.78 is 0.858. The van der Waals surface area contributed by atoms with Gasteiger partial charge in [-0.15, -0.1) is 0 Å². The molecule has 1 amide bonds. The van der Waals surface area contributed by atoms with Gasteiger partial charge in [-0.2, -0.15) is 0 Å². The van der Waals surface area contributed by atoms with Crippen LogP contribution < -0.4 is 11.1 Å². The van der Waals surface area contributed by atoms with Gasteiger partial charge in [-0.3, -0.25) is 4.79 Å². The van der Waals surface area contributed by atoms with Crippen LogP contribution in [0.4, 0.5) is 11.4 Å². The molecule has 0 aliphatic carbocycles. The Bertz CT molecular complexity index is 623. The maximum Gasteiger partial charge on any atom is 0.255 e. The van der Waals surface area contributed by atoms with Crippen molar-refractivity contribution in [2.75, 3.05) is 11.1 Å². The van der Waals surface area contributed by atoms with Gasteiger partial charge >= 0.3 is 0 Å². The van der Waals surface area contributed by atoms with Gasteiger partial charge < -0.3 is 11.1 Å². The number of nitrogens with two attached hydrogens (primary N) is 1. The second-order valence-electron chi connectivity index (χ2n) is 4.20. The van der Waals surface area contributed by atoms with Gasteiger partial charge in [-0.25, -0.2) is 0 Å². The lowest BCUT2D eigenvalue weighted by Gasteiger charge is -2.09. The van der Waals surface area contributed by atoms with Crippen molar-refractivity contribution in [2.24, 2.45) is 0 Å². The maximum atomic E-state index is 12.2. The lowest BCUT2D eigenvalue weighted by molar-refractivity contribution is 0.102. The Hall–Kier alpha value is -1.52. The standard InChI is InChI=1S/C14H12BrClN2O/c1-8-4-9(6-10(15)5-8)14(19)18-13-7-11(16)2-3-12(13)17/h2-7H,17H2,1H3,(H,18,19). The molecule has 0 aromatic heterocycles. The van der Waals surface area contributed by atoms with E-state index in [1.807, 2.05) is 13.0 Å². The molecule has 0 unspecified atom stereocenters. The molecule has 19 heavy (non-hydrogen) atoms. The van der Waals surface area contributed by atoms with Gasteiger partial charge in [0.2, 0.25) is 0 Å². The van der Waals surface area contributed by atoms with E-state index < -0.39 is 0 Å². The third-order valence-corrected chi connectivity index (χ3v) is 3.26. The average Bonchev–Trinajstić information content (AvgIpc) is 2.32. The Morgan fingerprint density at radius 1 is 1.26 bits per heavy atom. The van der Waals surface area contributed by atoms with Crippen LogP contribution in [-0.4, -0.2) is 5.91 Å². The Morgan fingerprint density at radius 3 is 2.68 bits per heavy atom. The molecule has 3 nitrogen and oxygen atoms in total. The molecule has 5 heteroatoms. The summed E-state index contributed by atoms with van der Waals surface area (Å²) in [4.78, 5) is 12.2. The van der Waals surface area contributed by atoms with E-state index in [9.17, 15) is 4.79 Å². The van der Waals surface area contributed by atoms with Crippen molar-refractivity contribution in [3.63, 3.8) is 0 Å². The Morgan fingerprint density at radius 2 is 2.00 bits per heavy atom. The summed E-state index contributed by atoms with van der Waals surface area (Å²) in [6, 6.07) is 10.5. The minimum absolute atomic E-state index is 0.224. The highest BCUT2D eigenvalue weighted by Crippen LogP contribution is 2.24. The predicted octanol–water partition coefficient (Wildman–Crippen LogP) is 4.25. The lowest BCUT2D eigenvalue weighted by Crippen LogP contribution is -2.13. The molecule has 0 radical (unpaired) electrons. The normalized spacial score (nSPS) is 10.3. The van der Waals surface area contributed by atoms with Crippen molar-refractivity contribution in [1.29, 1.82) is 0 Å². The molecule has 3 N–H and O–H groups in total. The van der Waals surface area contributed by atoms with Crippen molar-refractivity contribution in [3.05, 3.63) is 57.0 Å². The van der Waals surface area contributed by atoms with Gasteiger partial charge in [0, 0.05) is 15.1 Å². The molecule has 98 valence electrons. The summed E-state index contributed by atoms with van der Waals surface area (Å²) >= 11 is 9.25. The van der Waals surface area contributed by atoms with Crippen molar-refractivity contribution >= 4 is 44.8 Å². The molecular weight excluding hydrogens is 328 g/mol. The summed E-state index contributed by atoms with van der Waals surface area (Å²) in [5.74, 6) is -0.224. The number of rotatable bonds is 2. The molecule has 2 aromatic rings. The van der Waals surface area contributed by atoms with E-state index in [1.54, 1.807) is 30.3 Å². The zero-order chi connectivity index (χ0) is 14.0. The fourth-order valence-electron chi connectivity index (χ4n) is 1.70. The van der Waals surface area contributed by atoms with Gasteiger partial charge in [0.1, 0.15) is 0 Å². The van der Waals surface area contributed by atoms with Crippen LogP contribution in [-0.2, 0) is 0 Å². The van der Waals surface area contributed by atoms with Gasteiger partial charge in [0.25, 0.3) is 5.91 Å². The van der Waals surface area contributed by atoms with Crippen molar-refractivity contribution in [2.45, 2.75) is 6.92 Å². The van der Waals surface area contributed by atoms with Crippen LogP contribution in [0.3, 0.4) is 0 Å². The number of nitrogens with one attached hydrogen (secondary N) is 1. The summed E-state index contributed by atoms with van der Waals surface area (Å²) in [5.41, 5.74) is 8.34. The average molecular weight is 340 g/mol. The largest absolute Gasteiger partial charge is 0.397 e. The first-order chi connectivity index (χ1) is 8.95. The molecule has 0 saturated heterocycles. The van der Waals surface area contributed by atoms with Crippen LogP contribution in [0.2, 0.25) is 5.02 Å². The van der Waals surface area contributed by atoms with Crippen LogP contribution in [0, 0.1) is 6.92 Å². The second kappa shape index (κ2) is 5.63. The van der Waals surface area contributed by atoms with E-state index in [4.69, 9.17) is 17.3 Å². The van der Waals surface area contributed by atoms with E-state index in [2.05, 4.69) is 21.2 Å². The molecule has 0 aliphatic heterocycles. The SMILES string of the molecule is Cc1cc(Br)cc(C(=O)Nc2cc(Cl)ccc2N)c1. The molecule has 0 heterocycles. The third kappa shape index (κ3) is 3.49. The minimum Gasteiger partial charge on any atom is -0.397 e. The molecule has 2 rings (SSSR count). The van der Waals surface area contributed by atoms with E-state index in [1.165, 1.54) is 0 Å². The van der Waals surface area contributed by atoms with Gasteiger partial charge in [-0.1, -0.05) is 27.5 Å². The topological polar surface area (TPSA) is 55.1 Å². The first kappa shape index (κ1) is 13.9. The molecule has 0 atom stereocenters. The van der Waals surface area contributed by atoms with Crippen LogP contribution >= 0.6 is 27.5 Å². The molecule has 0 saturated carbocycles. The molecule has 0 bridgehead atoms. The molecular formula is C14H12BrClN2O. The number of carbonyl (C=O) groups is 1. The van der Waals surface area contributed by atoms with Crippen molar-refractivity contribution in [3.8, 4) is 0 Å². The third-order valence-electron chi connectivity index (χ3n) is 2.57. The Labute approximate surface area is 124 Å². The van der Waals surface area contributed by atoms with Gasteiger partial charge in [-0.05, 0) is 48.9 Å². The fraction of sp³-hybridized carbons (Fsp3) is 0.0714. The summed E-state index contributed by atoms with van der Waals surface area (Å²) in [6.07, 6.45) is 0. The highest BCUT2D eigenvalue weighted by Gasteiger charge is 2.09.